The first-order valence-corrected chi connectivity index (χ1v) is 7.75. The van der Waals surface area contributed by atoms with Crippen LogP contribution in [0.4, 0.5) is 5.69 Å². The maximum atomic E-state index is 12.2. The van der Waals surface area contributed by atoms with Gasteiger partial charge in [0.1, 0.15) is 5.75 Å². The summed E-state index contributed by atoms with van der Waals surface area (Å²) in [4.78, 5) is 22.7. The molecule has 1 unspecified atom stereocenters. The minimum absolute atomic E-state index is 0.0292. The molecule has 0 aromatic heterocycles. The highest BCUT2D eigenvalue weighted by Crippen LogP contribution is 2.20. The SMILES string of the molecule is CCOc1ccc(C(C)NC(=O)Cc2ccccc2[N+](=O)[O-])cc1. The maximum Gasteiger partial charge on any atom is 0.273 e. The molecule has 0 bridgehead atoms. The van der Waals surface area contributed by atoms with E-state index in [0.29, 0.717) is 12.2 Å². The first-order chi connectivity index (χ1) is 11.5. The minimum Gasteiger partial charge on any atom is -0.494 e. The molecule has 0 aliphatic rings. The molecule has 2 rings (SSSR count). The van der Waals surface area contributed by atoms with Crippen LogP contribution in [0.3, 0.4) is 0 Å². The van der Waals surface area contributed by atoms with E-state index >= 15 is 0 Å². The number of ether oxygens (including phenoxy) is 1. The van der Waals surface area contributed by atoms with Crippen molar-refractivity contribution < 1.29 is 14.5 Å². The summed E-state index contributed by atoms with van der Waals surface area (Å²) in [6.45, 7) is 4.38. The molecule has 126 valence electrons. The van der Waals surface area contributed by atoms with E-state index < -0.39 is 4.92 Å². The number of hydrogen-bond donors (Lipinski definition) is 1. The summed E-state index contributed by atoms with van der Waals surface area (Å²) in [5.41, 5.74) is 1.30. The lowest BCUT2D eigenvalue weighted by Gasteiger charge is -2.15. The number of nitrogens with zero attached hydrogens (tertiary/aromatic N) is 1. The van der Waals surface area contributed by atoms with Crippen molar-refractivity contribution in [1.29, 1.82) is 0 Å². The predicted molar refractivity (Wildman–Crippen MR) is 91.0 cm³/mol. The van der Waals surface area contributed by atoms with Crippen molar-refractivity contribution in [3.8, 4) is 5.75 Å². The molecule has 0 fully saturated rings. The van der Waals surface area contributed by atoms with Gasteiger partial charge in [0, 0.05) is 11.6 Å². The Morgan fingerprint density at radius 2 is 1.88 bits per heavy atom. The standard InChI is InChI=1S/C18H20N2O4/c1-3-24-16-10-8-14(9-11-16)13(2)19-18(21)12-15-6-4-5-7-17(15)20(22)23/h4-11,13H,3,12H2,1-2H3,(H,19,21). The van der Waals surface area contributed by atoms with Crippen molar-refractivity contribution in [3.05, 3.63) is 69.8 Å². The number of carbonyl (C=O) groups excluding carboxylic acids is 1. The van der Waals surface area contributed by atoms with Crippen molar-refractivity contribution in [3.63, 3.8) is 0 Å². The van der Waals surface area contributed by atoms with Crippen molar-refractivity contribution in [2.24, 2.45) is 0 Å². The van der Waals surface area contributed by atoms with Crippen LogP contribution in [0.15, 0.2) is 48.5 Å². The summed E-state index contributed by atoms with van der Waals surface area (Å²) in [7, 11) is 0. The molecule has 2 aromatic rings. The quantitative estimate of drug-likeness (QED) is 0.624. The molecule has 0 spiro atoms. The van der Waals surface area contributed by atoms with Crippen LogP contribution in [-0.2, 0) is 11.2 Å². The van der Waals surface area contributed by atoms with E-state index in [2.05, 4.69) is 5.32 Å². The van der Waals surface area contributed by atoms with Gasteiger partial charge in [0.25, 0.3) is 5.69 Å². The highest BCUT2D eigenvalue weighted by atomic mass is 16.6. The van der Waals surface area contributed by atoms with E-state index in [1.165, 1.54) is 6.07 Å². The van der Waals surface area contributed by atoms with Gasteiger partial charge >= 0.3 is 0 Å². The summed E-state index contributed by atoms with van der Waals surface area (Å²) >= 11 is 0. The molecular formula is C18H20N2O4. The number of rotatable bonds is 7. The van der Waals surface area contributed by atoms with Crippen LogP contribution in [0.1, 0.15) is 31.0 Å². The molecule has 1 amide bonds. The van der Waals surface area contributed by atoms with Gasteiger partial charge < -0.3 is 10.1 Å². The normalized spacial score (nSPS) is 11.6. The van der Waals surface area contributed by atoms with Crippen LogP contribution in [0.25, 0.3) is 0 Å². The van der Waals surface area contributed by atoms with Crippen LogP contribution in [-0.4, -0.2) is 17.4 Å². The van der Waals surface area contributed by atoms with Gasteiger partial charge in [-0.2, -0.15) is 0 Å². The summed E-state index contributed by atoms with van der Waals surface area (Å²) in [5.74, 6) is 0.519. The number of benzene rings is 2. The molecule has 0 saturated heterocycles. The lowest BCUT2D eigenvalue weighted by atomic mass is 10.1. The molecule has 0 radical (unpaired) electrons. The second-order valence-electron chi connectivity index (χ2n) is 5.35. The Labute approximate surface area is 140 Å². The van der Waals surface area contributed by atoms with Crippen LogP contribution in [0.2, 0.25) is 0 Å². The maximum absolute atomic E-state index is 12.2. The van der Waals surface area contributed by atoms with Crippen molar-refractivity contribution >= 4 is 11.6 Å². The van der Waals surface area contributed by atoms with Crippen LogP contribution in [0.5, 0.6) is 5.75 Å². The lowest BCUT2D eigenvalue weighted by molar-refractivity contribution is -0.385. The predicted octanol–water partition coefficient (Wildman–Crippen LogP) is 3.41. The topological polar surface area (TPSA) is 81.5 Å². The molecule has 6 nitrogen and oxygen atoms in total. The van der Waals surface area contributed by atoms with Crippen molar-refractivity contribution in [2.45, 2.75) is 26.3 Å². The van der Waals surface area contributed by atoms with Gasteiger partial charge in [0.15, 0.2) is 0 Å². The Kier molecular flexibility index (Phi) is 5.89. The third-order valence-corrected chi connectivity index (χ3v) is 3.61. The average molecular weight is 328 g/mol. The van der Waals surface area contributed by atoms with E-state index in [-0.39, 0.29) is 24.1 Å². The smallest absolute Gasteiger partial charge is 0.273 e. The number of carbonyl (C=O) groups is 1. The highest BCUT2D eigenvalue weighted by molar-refractivity contribution is 5.80. The third-order valence-electron chi connectivity index (χ3n) is 3.61. The second-order valence-corrected chi connectivity index (χ2v) is 5.35. The second kappa shape index (κ2) is 8.10. The van der Waals surface area contributed by atoms with Crippen molar-refractivity contribution in [2.75, 3.05) is 6.61 Å². The monoisotopic (exact) mass is 328 g/mol. The molecule has 6 heteroatoms. The van der Waals surface area contributed by atoms with E-state index in [4.69, 9.17) is 4.74 Å². The number of nitro groups is 1. The number of nitrogens with one attached hydrogen (secondary N) is 1. The Hall–Kier alpha value is -2.89. The van der Waals surface area contributed by atoms with Crippen molar-refractivity contribution in [1.82, 2.24) is 5.32 Å². The van der Waals surface area contributed by atoms with E-state index in [0.717, 1.165) is 11.3 Å². The average Bonchev–Trinajstić information content (AvgIpc) is 2.56. The van der Waals surface area contributed by atoms with Gasteiger partial charge in [-0.15, -0.1) is 0 Å². The molecule has 1 N–H and O–H groups in total. The van der Waals surface area contributed by atoms with Crippen LogP contribution >= 0.6 is 0 Å². The summed E-state index contributed by atoms with van der Waals surface area (Å²) in [6.07, 6.45) is -0.0292. The number of hydrogen-bond acceptors (Lipinski definition) is 4. The highest BCUT2D eigenvalue weighted by Gasteiger charge is 2.17. The summed E-state index contributed by atoms with van der Waals surface area (Å²) < 4.78 is 5.39. The number of nitro benzene ring substituents is 1. The Bertz CT molecular complexity index is 713. The molecule has 1 atom stereocenters. The third kappa shape index (κ3) is 4.55. The van der Waals surface area contributed by atoms with E-state index in [9.17, 15) is 14.9 Å². The fourth-order valence-corrected chi connectivity index (χ4v) is 2.41. The number of amides is 1. The van der Waals surface area contributed by atoms with Crippen LogP contribution in [0, 0.1) is 10.1 Å². The lowest BCUT2D eigenvalue weighted by Crippen LogP contribution is -2.28. The molecule has 0 saturated carbocycles. The molecule has 0 aliphatic heterocycles. The van der Waals surface area contributed by atoms with E-state index in [1.807, 2.05) is 38.1 Å². The number of para-hydroxylation sites is 1. The Balaban J connectivity index is 2.00. The van der Waals surface area contributed by atoms with Gasteiger partial charge in [-0.05, 0) is 31.5 Å². The first-order valence-electron chi connectivity index (χ1n) is 7.75. The molecule has 24 heavy (non-hydrogen) atoms. The van der Waals surface area contributed by atoms with Gasteiger partial charge in [-0.25, -0.2) is 0 Å². The fourth-order valence-electron chi connectivity index (χ4n) is 2.41. The van der Waals surface area contributed by atoms with Gasteiger partial charge in [-0.1, -0.05) is 30.3 Å². The Morgan fingerprint density at radius 3 is 2.50 bits per heavy atom. The zero-order valence-corrected chi connectivity index (χ0v) is 13.7. The van der Waals surface area contributed by atoms with Crippen LogP contribution < -0.4 is 10.1 Å². The molecular weight excluding hydrogens is 308 g/mol. The molecule has 0 heterocycles. The first kappa shape index (κ1) is 17.5. The zero-order valence-electron chi connectivity index (χ0n) is 13.7. The van der Waals surface area contributed by atoms with E-state index in [1.54, 1.807) is 18.2 Å². The molecule has 0 aliphatic carbocycles. The summed E-state index contributed by atoms with van der Waals surface area (Å²) in [5, 5.41) is 13.9. The largest absolute Gasteiger partial charge is 0.494 e. The van der Waals surface area contributed by atoms with Gasteiger partial charge in [0.05, 0.1) is 24.0 Å². The Morgan fingerprint density at radius 1 is 1.21 bits per heavy atom. The zero-order chi connectivity index (χ0) is 17.5. The fraction of sp³-hybridized carbons (Fsp3) is 0.278. The van der Waals surface area contributed by atoms with Gasteiger partial charge in [-0.3, -0.25) is 14.9 Å². The minimum atomic E-state index is -0.474. The van der Waals surface area contributed by atoms with Gasteiger partial charge in [0.2, 0.25) is 5.91 Å². The molecule has 2 aromatic carbocycles. The summed E-state index contributed by atoms with van der Waals surface area (Å²) in [6, 6.07) is 13.6.